The molecule has 2 N–H and O–H groups in total. The molecule has 0 amide bonds. The second-order valence-electron chi connectivity index (χ2n) is 4.81. The maximum atomic E-state index is 9.49. The van der Waals surface area contributed by atoms with Gasteiger partial charge >= 0.3 is 0 Å². The van der Waals surface area contributed by atoms with Gasteiger partial charge in [0.2, 0.25) is 11.7 Å². The van der Waals surface area contributed by atoms with Crippen LogP contribution in [0.4, 0.5) is 0 Å². The van der Waals surface area contributed by atoms with E-state index in [0.717, 1.165) is 12.1 Å². The molecule has 1 fully saturated rings. The van der Waals surface area contributed by atoms with Crippen LogP contribution in [0.5, 0.6) is 5.75 Å². The lowest BCUT2D eigenvalue weighted by Gasteiger charge is -2.13. The zero-order valence-corrected chi connectivity index (χ0v) is 11.2. The maximum absolute atomic E-state index is 9.49. The fourth-order valence-electron chi connectivity index (χ4n) is 2.41. The molecule has 1 aromatic heterocycles. The molecule has 6 nitrogen and oxygen atoms in total. The van der Waals surface area contributed by atoms with Crippen LogP contribution in [0.15, 0.2) is 28.8 Å². The summed E-state index contributed by atoms with van der Waals surface area (Å²) in [5.41, 5.74) is 0.735. The van der Waals surface area contributed by atoms with Gasteiger partial charge in [0.05, 0.1) is 19.1 Å². The van der Waals surface area contributed by atoms with Crippen LogP contribution in [0.1, 0.15) is 18.7 Å². The Balaban J connectivity index is 1.83. The second kappa shape index (κ2) is 5.60. The monoisotopic (exact) mass is 275 g/mol. The van der Waals surface area contributed by atoms with Crippen LogP contribution < -0.4 is 5.32 Å². The molecule has 0 bridgehead atoms. The molecule has 20 heavy (non-hydrogen) atoms. The Morgan fingerprint density at radius 3 is 3.10 bits per heavy atom. The van der Waals surface area contributed by atoms with E-state index in [1.807, 2.05) is 6.07 Å². The van der Waals surface area contributed by atoms with Gasteiger partial charge < -0.3 is 19.7 Å². The third-order valence-corrected chi connectivity index (χ3v) is 3.41. The number of benzene rings is 1. The summed E-state index contributed by atoms with van der Waals surface area (Å²) in [7, 11) is 0. The molecule has 0 spiro atoms. The van der Waals surface area contributed by atoms with Crippen molar-refractivity contribution in [2.24, 2.45) is 0 Å². The van der Waals surface area contributed by atoms with E-state index in [2.05, 4.69) is 22.4 Å². The molecule has 1 aliphatic heterocycles. The van der Waals surface area contributed by atoms with Crippen LogP contribution in [0, 0.1) is 0 Å². The number of ether oxygens (including phenoxy) is 1. The summed E-state index contributed by atoms with van der Waals surface area (Å²) in [6, 6.07) is 7.01. The summed E-state index contributed by atoms with van der Waals surface area (Å²) in [6.07, 6.45) is 0. The lowest BCUT2D eigenvalue weighted by atomic mass is 10.0. The van der Waals surface area contributed by atoms with Crippen molar-refractivity contribution in [3.05, 3.63) is 30.2 Å². The number of phenolic OH excluding ortho intramolecular Hbond substituents is 1. The van der Waals surface area contributed by atoms with Crippen LogP contribution in [0.3, 0.4) is 0 Å². The van der Waals surface area contributed by atoms with Crippen molar-refractivity contribution in [1.29, 1.82) is 0 Å². The number of phenols is 1. The summed E-state index contributed by atoms with van der Waals surface area (Å²) >= 11 is 0. The summed E-state index contributed by atoms with van der Waals surface area (Å²) in [5.74, 6) is 1.32. The van der Waals surface area contributed by atoms with Gasteiger partial charge in [0.1, 0.15) is 5.75 Å². The molecule has 3 rings (SSSR count). The minimum atomic E-state index is 0.0773. The molecule has 1 saturated heterocycles. The topological polar surface area (TPSA) is 80.4 Å². The molecule has 2 heterocycles. The number of nitrogens with one attached hydrogen (secondary N) is 1. The number of likely N-dealkylation sites (N-methyl/N-ethyl adjacent to an activating group) is 1. The average Bonchev–Trinajstić information content (AvgIpc) is 3.07. The van der Waals surface area contributed by atoms with Crippen molar-refractivity contribution in [2.45, 2.75) is 18.9 Å². The highest BCUT2D eigenvalue weighted by Gasteiger charge is 2.33. The second-order valence-corrected chi connectivity index (χ2v) is 4.81. The van der Waals surface area contributed by atoms with Gasteiger partial charge in [-0.05, 0) is 18.7 Å². The molecule has 2 aromatic rings. The van der Waals surface area contributed by atoms with Gasteiger partial charge in [-0.1, -0.05) is 24.2 Å². The largest absolute Gasteiger partial charge is 0.508 e. The summed E-state index contributed by atoms with van der Waals surface area (Å²) < 4.78 is 10.8. The van der Waals surface area contributed by atoms with Crippen LogP contribution >= 0.6 is 0 Å². The van der Waals surface area contributed by atoms with E-state index < -0.39 is 0 Å². The third-order valence-electron chi connectivity index (χ3n) is 3.41. The van der Waals surface area contributed by atoms with Crippen molar-refractivity contribution in [1.82, 2.24) is 15.5 Å². The van der Waals surface area contributed by atoms with Crippen molar-refractivity contribution in [3.8, 4) is 17.1 Å². The Kier molecular flexibility index (Phi) is 3.66. The van der Waals surface area contributed by atoms with Gasteiger partial charge in [-0.3, -0.25) is 0 Å². The standard InChI is InChI=1S/C14H17N3O3/c1-2-15-12-8-19-7-11(12)14-16-13(17-20-14)9-4-3-5-10(18)6-9/h3-6,11-12,15,18H,2,7-8H2,1H3. The predicted molar refractivity (Wildman–Crippen MR) is 72.4 cm³/mol. The molecule has 0 aliphatic carbocycles. The van der Waals surface area contributed by atoms with E-state index in [1.54, 1.807) is 18.2 Å². The smallest absolute Gasteiger partial charge is 0.234 e. The minimum Gasteiger partial charge on any atom is -0.508 e. The van der Waals surface area contributed by atoms with Crippen LogP contribution in [0.2, 0.25) is 0 Å². The van der Waals surface area contributed by atoms with E-state index in [1.165, 1.54) is 0 Å². The third kappa shape index (κ3) is 2.52. The average molecular weight is 275 g/mol. The number of aromatic nitrogens is 2. The van der Waals surface area contributed by atoms with Crippen LogP contribution in [-0.4, -0.2) is 41.0 Å². The van der Waals surface area contributed by atoms with Crippen molar-refractivity contribution >= 4 is 0 Å². The zero-order chi connectivity index (χ0) is 13.9. The molecule has 6 heteroatoms. The van der Waals surface area contributed by atoms with Gasteiger partial charge in [-0.25, -0.2) is 0 Å². The molecular formula is C14H17N3O3. The first kappa shape index (κ1) is 13.1. The van der Waals surface area contributed by atoms with Gasteiger partial charge in [-0.2, -0.15) is 4.98 Å². The Bertz CT molecular complexity index is 585. The van der Waals surface area contributed by atoms with Crippen molar-refractivity contribution < 1.29 is 14.4 Å². The van der Waals surface area contributed by atoms with Gasteiger partial charge in [0.15, 0.2) is 0 Å². The first-order valence-electron chi connectivity index (χ1n) is 6.72. The lowest BCUT2D eigenvalue weighted by Crippen LogP contribution is -2.34. The Hall–Kier alpha value is -1.92. The fourth-order valence-corrected chi connectivity index (χ4v) is 2.41. The lowest BCUT2D eigenvalue weighted by molar-refractivity contribution is 0.185. The minimum absolute atomic E-state index is 0.0773. The van der Waals surface area contributed by atoms with Crippen LogP contribution in [-0.2, 0) is 4.74 Å². The fraction of sp³-hybridized carbons (Fsp3) is 0.429. The highest BCUT2D eigenvalue weighted by Crippen LogP contribution is 2.27. The number of hydrogen-bond acceptors (Lipinski definition) is 6. The molecule has 106 valence electrons. The molecule has 0 saturated carbocycles. The van der Waals surface area contributed by atoms with Crippen LogP contribution in [0.25, 0.3) is 11.4 Å². The van der Waals surface area contributed by atoms with E-state index in [9.17, 15) is 5.11 Å². The number of nitrogens with zero attached hydrogens (tertiary/aromatic N) is 2. The Labute approximate surface area is 116 Å². The quantitative estimate of drug-likeness (QED) is 0.881. The molecule has 1 aliphatic rings. The van der Waals surface area contributed by atoms with E-state index >= 15 is 0 Å². The van der Waals surface area contributed by atoms with Gasteiger partial charge in [-0.15, -0.1) is 0 Å². The first-order valence-corrected chi connectivity index (χ1v) is 6.72. The SMILES string of the molecule is CCNC1COCC1c1nc(-c2cccc(O)c2)no1. The molecular weight excluding hydrogens is 258 g/mol. The van der Waals surface area contributed by atoms with E-state index in [0.29, 0.717) is 24.9 Å². The first-order chi connectivity index (χ1) is 9.78. The molecule has 2 unspecified atom stereocenters. The summed E-state index contributed by atoms with van der Waals surface area (Å²) in [6.45, 7) is 4.17. The number of aromatic hydroxyl groups is 1. The van der Waals surface area contributed by atoms with Gasteiger partial charge in [0.25, 0.3) is 0 Å². The highest BCUT2D eigenvalue weighted by molar-refractivity contribution is 5.56. The summed E-state index contributed by atoms with van der Waals surface area (Å²) in [4.78, 5) is 4.43. The molecule has 2 atom stereocenters. The maximum Gasteiger partial charge on any atom is 0.234 e. The number of rotatable bonds is 4. The van der Waals surface area contributed by atoms with Gasteiger partial charge in [0, 0.05) is 11.6 Å². The zero-order valence-electron chi connectivity index (χ0n) is 11.2. The van der Waals surface area contributed by atoms with Crippen molar-refractivity contribution in [2.75, 3.05) is 19.8 Å². The van der Waals surface area contributed by atoms with E-state index in [-0.39, 0.29) is 17.7 Å². The Morgan fingerprint density at radius 2 is 2.30 bits per heavy atom. The van der Waals surface area contributed by atoms with Crippen molar-refractivity contribution in [3.63, 3.8) is 0 Å². The molecule has 0 radical (unpaired) electrons. The predicted octanol–water partition coefficient (Wildman–Crippen LogP) is 1.53. The highest BCUT2D eigenvalue weighted by atomic mass is 16.5. The summed E-state index contributed by atoms with van der Waals surface area (Å²) in [5, 5.41) is 16.8. The molecule has 1 aromatic carbocycles. The normalized spacial score (nSPS) is 22.2. The Morgan fingerprint density at radius 1 is 1.40 bits per heavy atom. The van der Waals surface area contributed by atoms with E-state index in [4.69, 9.17) is 9.26 Å². The number of hydrogen-bond donors (Lipinski definition) is 2.